The predicted octanol–water partition coefficient (Wildman–Crippen LogP) is 3.25. The van der Waals surface area contributed by atoms with E-state index < -0.39 is 0 Å². The lowest BCUT2D eigenvalue weighted by atomic mass is 10.2. The summed E-state index contributed by atoms with van der Waals surface area (Å²) in [4.78, 5) is 0. The Morgan fingerprint density at radius 2 is 1.90 bits per heavy atom. The van der Waals surface area contributed by atoms with Crippen molar-refractivity contribution in [2.45, 2.75) is 20.4 Å². The Morgan fingerprint density at radius 1 is 1.15 bits per heavy atom. The highest BCUT2D eigenvalue weighted by molar-refractivity contribution is 6.30. The van der Waals surface area contributed by atoms with Crippen molar-refractivity contribution >= 4 is 11.6 Å². The van der Waals surface area contributed by atoms with Gasteiger partial charge in [0.05, 0.1) is 5.69 Å². The number of aromatic nitrogens is 4. The van der Waals surface area contributed by atoms with Gasteiger partial charge in [0.25, 0.3) is 0 Å². The molecule has 3 rings (SSSR count). The molecule has 0 amide bonds. The molecule has 0 fully saturated rings. The van der Waals surface area contributed by atoms with Crippen LogP contribution in [0.5, 0.6) is 0 Å². The Morgan fingerprint density at radius 3 is 2.55 bits per heavy atom. The number of benzene rings is 1. The van der Waals surface area contributed by atoms with Crippen LogP contribution in [0.4, 0.5) is 0 Å². The summed E-state index contributed by atoms with van der Waals surface area (Å²) in [6.07, 6.45) is 0. The van der Waals surface area contributed by atoms with Gasteiger partial charge >= 0.3 is 0 Å². The topological polar surface area (TPSA) is 56.7 Å². The first-order valence-corrected chi connectivity index (χ1v) is 6.59. The largest absolute Gasteiger partial charge is 0.419 e. The molecular weight excluding hydrogens is 276 g/mol. The number of aryl methyl sites for hydroxylation is 2. The fraction of sp³-hybridized carbons (Fsp3) is 0.214. The van der Waals surface area contributed by atoms with Gasteiger partial charge in [-0.3, -0.25) is 4.68 Å². The van der Waals surface area contributed by atoms with Crippen LogP contribution < -0.4 is 0 Å². The molecule has 20 heavy (non-hydrogen) atoms. The molecule has 0 radical (unpaired) electrons. The Kier molecular flexibility index (Phi) is 3.28. The van der Waals surface area contributed by atoms with Crippen LogP contribution in [-0.2, 0) is 6.54 Å². The SMILES string of the molecule is Cc1cc(C)n(Cc2nnc(-c3ccc(Cl)cc3)o2)n1. The highest BCUT2D eigenvalue weighted by Gasteiger charge is 2.10. The van der Waals surface area contributed by atoms with Gasteiger partial charge in [-0.1, -0.05) is 11.6 Å². The van der Waals surface area contributed by atoms with E-state index in [2.05, 4.69) is 15.3 Å². The summed E-state index contributed by atoms with van der Waals surface area (Å²) < 4.78 is 7.49. The summed E-state index contributed by atoms with van der Waals surface area (Å²) in [5, 5.41) is 13.1. The molecule has 0 saturated carbocycles. The van der Waals surface area contributed by atoms with Crippen molar-refractivity contribution in [2.75, 3.05) is 0 Å². The maximum absolute atomic E-state index is 5.85. The van der Waals surface area contributed by atoms with E-state index in [1.807, 2.05) is 36.7 Å². The zero-order valence-electron chi connectivity index (χ0n) is 11.2. The second kappa shape index (κ2) is 5.09. The number of halogens is 1. The van der Waals surface area contributed by atoms with Crippen molar-refractivity contribution in [1.82, 2.24) is 20.0 Å². The third kappa shape index (κ3) is 2.58. The molecule has 2 aromatic heterocycles. The Balaban J connectivity index is 1.83. The first-order chi connectivity index (χ1) is 9.61. The minimum Gasteiger partial charge on any atom is -0.419 e. The fourth-order valence-electron chi connectivity index (χ4n) is 1.99. The fourth-order valence-corrected chi connectivity index (χ4v) is 2.12. The monoisotopic (exact) mass is 288 g/mol. The van der Waals surface area contributed by atoms with Crippen LogP contribution >= 0.6 is 11.6 Å². The van der Waals surface area contributed by atoms with E-state index in [9.17, 15) is 0 Å². The molecule has 0 N–H and O–H groups in total. The molecule has 0 saturated heterocycles. The van der Waals surface area contributed by atoms with Gasteiger partial charge < -0.3 is 4.42 Å². The summed E-state index contributed by atoms with van der Waals surface area (Å²) >= 11 is 5.85. The standard InChI is InChI=1S/C14H13ClN4O/c1-9-7-10(2)19(18-9)8-13-16-17-14(20-13)11-3-5-12(15)6-4-11/h3-7H,8H2,1-2H3. The summed E-state index contributed by atoms with van der Waals surface area (Å²) in [6, 6.07) is 9.30. The zero-order valence-corrected chi connectivity index (χ0v) is 11.9. The molecule has 3 aromatic rings. The molecule has 102 valence electrons. The minimum atomic E-state index is 0.472. The van der Waals surface area contributed by atoms with Crippen molar-refractivity contribution in [3.63, 3.8) is 0 Å². The number of hydrogen-bond acceptors (Lipinski definition) is 4. The van der Waals surface area contributed by atoms with Crippen molar-refractivity contribution in [3.05, 3.63) is 52.6 Å². The van der Waals surface area contributed by atoms with Crippen LogP contribution in [0.2, 0.25) is 5.02 Å². The summed E-state index contributed by atoms with van der Waals surface area (Å²) in [5.41, 5.74) is 2.88. The molecule has 0 bridgehead atoms. The lowest BCUT2D eigenvalue weighted by Crippen LogP contribution is -2.04. The van der Waals surface area contributed by atoms with Crippen molar-refractivity contribution in [2.24, 2.45) is 0 Å². The van der Waals surface area contributed by atoms with E-state index in [0.29, 0.717) is 23.3 Å². The quantitative estimate of drug-likeness (QED) is 0.742. The summed E-state index contributed by atoms with van der Waals surface area (Å²) in [6.45, 7) is 4.42. The first-order valence-electron chi connectivity index (χ1n) is 6.21. The average molecular weight is 289 g/mol. The van der Waals surface area contributed by atoms with Gasteiger partial charge in [0.1, 0.15) is 6.54 Å². The number of hydrogen-bond donors (Lipinski definition) is 0. The minimum absolute atomic E-state index is 0.472. The molecule has 0 aliphatic rings. The van der Waals surface area contributed by atoms with Crippen LogP contribution in [-0.4, -0.2) is 20.0 Å². The first kappa shape index (κ1) is 12.9. The third-order valence-corrected chi connectivity index (χ3v) is 3.20. The molecule has 5 nitrogen and oxygen atoms in total. The lowest BCUT2D eigenvalue weighted by Gasteiger charge is -1.99. The van der Waals surface area contributed by atoms with E-state index in [0.717, 1.165) is 17.0 Å². The zero-order chi connectivity index (χ0) is 14.1. The van der Waals surface area contributed by atoms with E-state index in [1.165, 1.54) is 0 Å². The molecular formula is C14H13ClN4O. The highest BCUT2D eigenvalue weighted by atomic mass is 35.5. The van der Waals surface area contributed by atoms with Crippen molar-refractivity contribution < 1.29 is 4.42 Å². The second-order valence-corrected chi connectivity index (χ2v) is 5.03. The molecule has 0 aliphatic carbocycles. The van der Waals surface area contributed by atoms with E-state index >= 15 is 0 Å². The summed E-state index contributed by atoms with van der Waals surface area (Å²) in [5.74, 6) is 1.01. The molecule has 0 aliphatic heterocycles. The number of nitrogens with zero attached hydrogens (tertiary/aromatic N) is 4. The average Bonchev–Trinajstić information content (AvgIpc) is 2.98. The predicted molar refractivity (Wildman–Crippen MR) is 75.5 cm³/mol. The molecule has 0 spiro atoms. The van der Waals surface area contributed by atoms with Crippen LogP contribution in [0.25, 0.3) is 11.5 Å². The van der Waals surface area contributed by atoms with Crippen molar-refractivity contribution in [1.29, 1.82) is 0 Å². The molecule has 6 heteroatoms. The Hall–Kier alpha value is -2.14. The normalized spacial score (nSPS) is 10.9. The van der Waals surface area contributed by atoms with Gasteiger partial charge in [-0.15, -0.1) is 10.2 Å². The maximum atomic E-state index is 5.85. The van der Waals surface area contributed by atoms with E-state index in [4.69, 9.17) is 16.0 Å². The van der Waals surface area contributed by atoms with Gasteiger partial charge in [0.2, 0.25) is 11.8 Å². The number of rotatable bonds is 3. The van der Waals surface area contributed by atoms with Gasteiger partial charge in [0, 0.05) is 16.3 Å². The third-order valence-electron chi connectivity index (χ3n) is 2.95. The van der Waals surface area contributed by atoms with E-state index in [-0.39, 0.29) is 0 Å². The van der Waals surface area contributed by atoms with Gasteiger partial charge in [0.15, 0.2) is 0 Å². The Bertz CT molecular complexity index is 730. The highest BCUT2D eigenvalue weighted by Crippen LogP contribution is 2.20. The molecule has 0 atom stereocenters. The Labute approximate surface area is 121 Å². The molecule has 2 heterocycles. The van der Waals surface area contributed by atoms with Gasteiger partial charge in [-0.25, -0.2) is 0 Å². The van der Waals surface area contributed by atoms with Crippen LogP contribution in [0, 0.1) is 13.8 Å². The van der Waals surface area contributed by atoms with Gasteiger partial charge in [-0.05, 0) is 44.2 Å². The van der Waals surface area contributed by atoms with Crippen LogP contribution in [0.1, 0.15) is 17.3 Å². The second-order valence-electron chi connectivity index (χ2n) is 4.59. The lowest BCUT2D eigenvalue weighted by molar-refractivity contribution is 0.469. The summed E-state index contributed by atoms with van der Waals surface area (Å²) in [7, 11) is 0. The van der Waals surface area contributed by atoms with Crippen LogP contribution in [0.15, 0.2) is 34.7 Å². The smallest absolute Gasteiger partial charge is 0.247 e. The van der Waals surface area contributed by atoms with Gasteiger partial charge in [-0.2, -0.15) is 5.10 Å². The molecule has 0 unspecified atom stereocenters. The maximum Gasteiger partial charge on any atom is 0.247 e. The molecule has 1 aromatic carbocycles. The van der Waals surface area contributed by atoms with Crippen molar-refractivity contribution in [3.8, 4) is 11.5 Å². The van der Waals surface area contributed by atoms with E-state index in [1.54, 1.807) is 12.1 Å². The van der Waals surface area contributed by atoms with Crippen LogP contribution in [0.3, 0.4) is 0 Å².